The fraction of sp³-hybridized carbons (Fsp3) is 0.348. The molecule has 0 bridgehead atoms. The predicted octanol–water partition coefficient (Wildman–Crippen LogP) is 2.94. The Morgan fingerprint density at radius 2 is 1.47 bits per heavy atom. The van der Waals surface area contributed by atoms with Crippen molar-refractivity contribution >= 4 is 27.7 Å². The maximum atomic E-state index is 13.6. The molecule has 2 fully saturated rings. The molecule has 0 spiro atoms. The fourth-order valence-corrected chi connectivity index (χ4v) is 6.83. The molecule has 0 unspecified atom stereocenters. The van der Waals surface area contributed by atoms with Gasteiger partial charge < -0.3 is 4.74 Å². The fourth-order valence-electron chi connectivity index (χ4n) is 4.50. The summed E-state index contributed by atoms with van der Waals surface area (Å²) in [5, 5.41) is -1.31. The maximum Gasteiger partial charge on any atom is 0.419 e. The molecule has 9 heteroatoms. The molecule has 0 N–H and O–H groups in total. The summed E-state index contributed by atoms with van der Waals surface area (Å²) in [5.74, 6) is -1.25. The number of β-lactam (4-membered cyclic amide) rings is 1. The van der Waals surface area contributed by atoms with Gasteiger partial charge in [-0.05, 0) is 30.5 Å². The Hall–Kier alpha value is -3.20. The molecule has 8 nitrogen and oxygen atoms in total. The second kappa shape index (κ2) is 8.05. The summed E-state index contributed by atoms with van der Waals surface area (Å²) >= 11 is 0. The van der Waals surface area contributed by atoms with Crippen LogP contribution in [0.15, 0.2) is 65.6 Å². The molecule has 2 aliphatic heterocycles. The summed E-state index contributed by atoms with van der Waals surface area (Å²) in [6.07, 6.45) is -1.96. The van der Waals surface area contributed by atoms with E-state index in [2.05, 4.69) is 0 Å². The zero-order valence-corrected chi connectivity index (χ0v) is 18.6. The van der Waals surface area contributed by atoms with E-state index < -0.39 is 44.8 Å². The SMILES string of the molecule is CCC1(CC)C(=O)N([C@H]2OC(=O)N(Cc3ccccc3)C2=O)[C@H]1S(=O)(=O)c1ccccc1. The van der Waals surface area contributed by atoms with Crippen molar-refractivity contribution in [3.8, 4) is 0 Å². The summed E-state index contributed by atoms with van der Waals surface area (Å²) in [5.41, 5.74) is -0.480. The smallest absolute Gasteiger partial charge is 0.415 e. The Balaban J connectivity index is 1.70. The van der Waals surface area contributed by atoms with Crippen molar-refractivity contribution in [2.24, 2.45) is 5.41 Å². The first-order valence-electron chi connectivity index (χ1n) is 10.5. The number of rotatable bonds is 7. The zero-order chi connectivity index (χ0) is 23.1. The summed E-state index contributed by atoms with van der Waals surface area (Å²) < 4.78 is 32.4. The van der Waals surface area contributed by atoms with E-state index in [1.165, 1.54) is 12.1 Å². The van der Waals surface area contributed by atoms with Crippen LogP contribution in [0.3, 0.4) is 0 Å². The lowest BCUT2D eigenvalue weighted by atomic mass is 9.73. The Kier molecular flexibility index (Phi) is 5.54. The van der Waals surface area contributed by atoms with Crippen LogP contribution in [-0.4, -0.2) is 47.7 Å². The Labute approximate surface area is 186 Å². The van der Waals surface area contributed by atoms with Gasteiger partial charge in [-0.25, -0.2) is 18.1 Å². The van der Waals surface area contributed by atoms with Crippen LogP contribution in [0.1, 0.15) is 32.3 Å². The van der Waals surface area contributed by atoms with E-state index in [1.807, 2.05) is 6.07 Å². The highest BCUT2D eigenvalue weighted by Crippen LogP contribution is 2.51. The third-order valence-electron chi connectivity index (χ3n) is 6.36. The molecule has 2 aromatic carbocycles. The van der Waals surface area contributed by atoms with Crippen LogP contribution in [0, 0.1) is 5.41 Å². The summed E-state index contributed by atoms with van der Waals surface area (Å²) in [6, 6.07) is 16.7. The Morgan fingerprint density at radius 1 is 0.906 bits per heavy atom. The molecule has 2 saturated heterocycles. The highest BCUT2D eigenvalue weighted by molar-refractivity contribution is 7.92. The summed E-state index contributed by atoms with van der Waals surface area (Å²) in [7, 11) is -4.03. The molecule has 4 rings (SSSR count). The van der Waals surface area contributed by atoms with E-state index in [0.29, 0.717) is 5.56 Å². The van der Waals surface area contributed by atoms with E-state index in [4.69, 9.17) is 4.74 Å². The van der Waals surface area contributed by atoms with Crippen LogP contribution in [0.5, 0.6) is 0 Å². The molecule has 0 saturated carbocycles. The second-order valence-electron chi connectivity index (χ2n) is 7.93. The Bertz CT molecular complexity index is 1150. The van der Waals surface area contributed by atoms with Gasteiger partial charge in [0.25, 0.3) is 12.1 Å². The van der Waals surface area contributed by atoms with E-state index in [9.17, 15) is 22.8 Å². The normalized spacial score (nSPS) is 22.6. The van der Waals surface area contributed by atoms with Gasteiger partial charge >= 0.3 is 6.09 Å². The van der Waals surface area contributed by atoms with Crippen molar-refractivity contribution in [3.05, 3.63) is 66.2 Å². The molecule has 168 valence electrons. The lowest BCUT2D eigenvalue weighted by Crippen LogP contribution is -2.74. The van der Waals surface area contributed by atoms with Gasteiger partial charge in [0.15, 0.2) is 5.37 Å². The lowest BCUT2D eigenvalue weighted by Gasteiger charge is -2.55. The van der Waals surface area contributed by atoms with E-state index in [1.54, 1.807) is 56.3 Å². The number of cyclic esters (lactones) is 1. The van der Waals surface area contributed by atoms with Crippen LogP contribution in [0.2, 0.25) is 0 Å². The number of likely N-dealkylation sites (tertiary alicyclic amines) is 1. The van der Waals surface area contributed by atoms with Crippen molar-refractivity contribution in [1.82, 2.24) is 9.80 Å². The molecular formula is C23H24N2O6S. The minimum absolute atomic E-state index is 0.0279. The average molecular weight is 457 g/mol. The van der Waals surface area contributed by atoms with Crippen molar-refractivity contribution in [2.45, 2.75) is 49.7 Å². The molecule has 2 aliphatic rings. The molecule has 32 heavy (non-hydrogen) atoms. The topological polar surface area (TPSA) is 101 Å². The van der Waals surface area contributed by atoms with Gasteiger partial charge in [0.1, 0.15) is 0 Å². The number of benzene rings is 2. The first kappa shape index (κ1) is 22.0. The molecular weight excluding hydrogens is 432 g/mol. The van der Waals surface area contributed by atoms with Gasteiger partial charge in [-0.2, -0.15) is 0 Å². The molecule has 0 radical (unpaired) electrons. The lowest BCUT2D eigenvalue weighted by molar-refractivity contribution is -0.184. The quantitative estimate of drug-likeness (QED) is 0.594. The van der Waals surface area contributed by atoms with Gasteiger partial charge in [-0.3, -0.25) is 14.5 Å². The van der Waals surface area contributed by atoms with Crippen molar-refractivity contribution < 1.29 is 27.5 Å². The number of nitrogens with zero attached hydrogens (tertiary/aromatic N) is 2. The van der Waals surface area contributed by atoms with Gasteiger partial charge in [-0.15, -0.1) is 0 Å². The molecule has 2 aromatic rings. The highest BCUT2D eigenvalue weighted by atomic mass is 32.2. The van der Waals surface area contributed by atoms with Crippen LogP contribution in [-0.2, 0) is 30.7 Å². The van der Waals surface area contributed by atoms with E-state index in [-0.39, 0.29) is 24.3 Å². The molecule has 0 aromatic heterocycles. The number of carbonyl (C=O) groups is 3. The van der Waals surface area contributed by atoms with Crippen LogP contribution in [0.4, 0.5) is 4.79 Å². The highest BCUT2D eigenvalue weighted by Gasteiger charge is 2.68. The molecule has 2 heterocycles. The number of amides is 3. The summed E-state index contributed by atoms with van der Waals surface area (Å²) in [4.78, 5) is 40.7. The van der Waals surface area contributed by atoms with Crippen LogP contribution in [0.25, 0.3) is 0 Å². The van der Waals surface area contributed by atoms with Gasteiger partial charge in [0.2, 0.25) is 15.7 Å². The first-order chi connectivity index (χ1) is 15.3. The minimum Gasteiger partial charge on any atom is -0.415 e. The number of carbonyl (C=O) groups excluding carboxylic acids is 3. The summed E-state index contributed by atoms with van der Waals surface area (Å²) in [6.45, 7) is 3.46. The molecule has 2 atom stereocenters. The molecule has 0 aliphatic carbocycles. The maximum absolute atomic E-state index is 13.6. The second-order valence-corrected chi connectivity index (χ2v) is 9.94. The zero-order valence-electron chi connectivity index (χ0n) is 17.8. The largest absolute Gasteiger partial charge is 0.419 e. The van der Waals surface area contributed by atoms with E-state index >= 15 is 0 Å². The number of hydrogen-bond acceptors (Lipinski definition) is 6. The van der Waals surface area contributed by atoms with Crippen molar-refractivity contribution in [1.29, 1.82) is 0 Å². The Morgan fingerprint density at radius 3 is 2.03 bits per heavy atom. The first-order valence-corrected chi connectivity index (χ1v) is 12.0. The number of sulfone groups is 1. The standard InChI is InChI=1S/C23H24N2O6S/c1-3-23(4-2)20(27)25(21(23)32(29,30)17-13-9-6-10-14-17)19-18(26)24(22(28)31-19)15-16-11-7-5-8-12-16/h5-14,19,21H,3-4,15H2,1-2H3/t19-,21-/m0/s1. The van der Waals surface area contributed by atoms with Crippen molar-refractivity contribution in [3.63, 3.8) is 0 Å². The number of ether oxygens (including phenoxy) is 1. The van der Waals surface area contributed by atoms with E-state index in [0.717, 1.165) is 9.80 Å². The minimum atomic E-state index is -4.03. The average Bonchev–Trinajstić information content (AvgIpc) is 3.07. The van der Waals surface area contributed by atoms with Crippen LogP contribution < -0.4 is 0 Å². The predicted molar refractivity (Wildman–Crippen MR) is 115 cm³/mol. The third kappa shape index (κ3) is 3.19. The number of hydrogen-bond donors (Lipinski definition) is 0. The van der Waals surface area contributed by atoms with Crippen molar-refractivity contribution in [2.75, 3.05) is 0 Å². The monoisotopic (exact) mass is 456 g/mol. The van der Waals surface area contributed by atoms with Gasteiger partial charge in [0, 0.05) is 0 Å². The van der Waals surface area contributed by atoms with Gasteiger partial charge in [0.05, 0.1) is 16.9 Å². The van der Waals surface area contributed by atoms with Crippen LogP contribution >= 0.6 is 0 Å². The van der Waals surface area contributed by atoms with Gasteiger partial charge in [-0.1, -0.05) is 62.4 Å². The number of imide groups is 1. The molecule has 3 amide bonds. The third-order valence-corrected chi connectivity index (χ3v) is 8.55.